The monoisotopic (exact) mass is 510 g/mol. The van der Waals surface area contributed by atoms with Crippen molar-refractivity contribution in [1.29, 1.82) is 0 Å². The Kier molecular flexibility index (Phi) is 8.51. The number of anilines is 1. The molecular weight excluding hydrogens is 479 g/mol. The summed E-state index contributed by atoms with van der Waals surface area (Å²) in [6.45, 7) is 12.7. The Labute approximate surface area is 222 Å². The Morgan fingerprint density at radius 2 is 1.95 bits per heavy atom. The van der Waals surface area contributed by atoms with Crippen LogP contribution in [-0.4, -0.2) is 28.9 Å². The van der Waals surface area contributed by atoms with Gasteiger partial charge in [0.1, 0.15) is 17.3 Å². The third kappa shape index (κ3) is 6.83. The van der Waals surface area contributed by atoms with Crippen molar-refractivity contribution in [1.82, 2.24) is 15.2 Å². The van der Waals surface area contributed by atoms with Crippen LogP contribution in [0, 0.1) is 5.82 Å². The molecule has 1 aliphatic heterocycles. The first-order valence-electron chi connectivity index (χ1n) is 12.4. The van der Waals surface area contributed by atoms with E-state index < -0.39 is 11.7 Å². The SMILES string of the molecule is C=C(/C=C\C(=C/C)NC(=O)C(=C)c1cc(-c2cncc(CN3CCC3)c2)ccc1N)Oc1cccc(F)c1. The number of carbonyl (C=O) groups excluding carboxylic acids is 1. The lowest BCUT2D eigenvalue weighted by molar-refractivity contribution is -0.114. The lowest BCUT2D eigenvalue weighted by Gasteiger charge is -2.30. The average Bonchev–Trinajstić information content (AvgIpc) is 2.88. The van der Waals surface area contributed by atoms with E-state index in [0.717, 1.165) is 36.3 Å². The van der Waals surface area contributed by atoms with Gasteiger partial charge in [0.15, 0.2) is 0 Å². The highest BCUT2D eigenvalue weighted by molar-refractivity contribution is 6.20. The molecule has 38 heavy (non-hydrogen) atoms. The molecule has 2 aromatic carbocycles. The maximum atomic E-state index is 13.4. The predicted octanol–water partition coefficient (Wildman–Crippen LogP) is 5.86. The van der Waals surface area contributed by atoms with E-state index in [-0.39, 0.29) is 11.3 Å². The Morgan fingerprint density at radius 1 is 1.13 bits per heavy atom. The topological polar surface area (TPSA) is 80.5 Å². The van der Waals surface area contributed by atoms with E-state index >= 15 is 0 Å². The zero-order chi connectivity index (χ0) is 27.1. The van der Waals surface area contributed by atoms with Gasteiger partial charge in [-0.2, -0.15) is 0 Å². The minimum atomic E-state index is -0.404. The molecule has 1 amide bonds. The molecule has 194 valence electrons. The minimum Gasteiger partial charge on any atom is -0.458 e. The van der Waals surface area contributed by atoms with Crippen LogP contribution in [0.4, 0.5) is 10.1 Å². The van der Waals surface area contributed by atoms with Gasteiger partial charge >= 0.3 is 0 Å². The van der Waals surface area contributed by atoms with Crippen molar-refractivity contribution in [3.05, 3.63) is 121 Å². The molecule has 1 saturated heterocycles. The highest BCUT2D eigenvalue weighted by Gasteiger charge is 2.16. The Hall–Kier alpha value is -4.49. The zero-order valence-electron chi connectivity index (χ0n) is 21.4. The molecule has 2 heterocycles. The maximum Gasteiger partial charge on any atom is 0.255 e. The lowest BCUT2D eigenvalue weighted by Crippen LogP contribution is -2.36. The molecule has 0 atom stereocenters. The first kappa shape index (κ1) is 26.6. The van der Waals surface area contributed by atoms with E-state index in [4.69, 9.17) is 10.5 Å². The number of allylic oxidation sites excluding steroid dienone is 3. The van der Waals surface area contributed by atoms with Crippen LogP contribution in [0.25, 0.3) is 16.7 Å². The number of carbonyl (C=O) groups is 1. The number of nitrogens with one attached hydrogen (secondary N) is 1. The molecule has 1 fully saturated rings. The summed E-state index contributed by atoms with van der Waals surface area (Å²) in [4.78, 5) is 19.8. The van der Waals surface area contributed by atoms with Crippen LogP contribution in [-0.2, 0) is 11.3 Å². The molecule has 6 nitrogen and oxygen atoms in total. The Morgan fingerprint density at radius 3 is 2.66 bits per heavy atom. The van der Waals surface area contributed by atoms with Crippen LogP contribution in [0.5, 0.6) is 5.75 Å². The van der Waals surface area contributed by atoms with Crippen LogP contribution in [0.2, 0.25) is 0 Å². The maximum absolute atomic E-state index is 13.4. The number of amides is 1. The summed E-state index contributed by atoms with van der Waals surface area (Å²) in [5.74, 6) is -0.188. The van der Waals surface area contributed by atoms with E-state index in [1.165, 1.54) is 18.6 Å². The number of pyridine rings is 1. The molecule has 1 aromatic heterocycles. The molecule has 0 radical (unpaired) electrons. The van der Waals surface area contributed by atoms with Gasteiger partial charge in [-0.25, -0.2) is 4.39 Å². The molecular formula is C31H31FN4O2. The van der Waals surface area contributed by atoms with Crippen LogP contribution in [0.3, 0.4) is 0 Å². The summed E-state index contributed by atoms with van der Waals surface area (Å²) in [6.07, 6.45) is 9.88. The minimum absolute atomic E-state index is 0.233. The van der Waals surface area contributed by atoms with Gasteiger partial charge in [0.05, 0.1) is 0 Å². The second kappa shape index (κ2) is 12.2. The van der Waals surface area contributed by atoms with Crippen LogP contribution in [0.15, 0.2) is 104 Å². The number of rotatable bonds is 10. The fourth-order valence-corrected chi connectivity index (χ4v) is 3.96. The molecule has 3 aromatic rings. The molecule has 7 heteroatoms. The number of hydrogen-bond donors (Lipinski definition) is 2. The summed E-state index contributed by atoms with van der Waals surface area (Å²) in [5, 5.41) is 2.83. The summed E-state index contributed by atoms with van der Waals surface area (Å²) < 4.78 is 18.9. The molecule has 0 spiro atoms. The van der Waals surface area contributed by atoms with Crippen molar-refractivity contribution in [3.63, 3.8) is 0 Å². The zero-order valence-corrected chi connectivity index (χ0v) is 21.4. The van der Waals surface area contributed by atoms with E-state index in [1.807, 2.05) is 18.3 Å². The van der Waals surface area contributed by atoms with Gasteiger partial charge in [-0.1, -0.05) is 31.4 Å². The van der Waals surface area contributed by atoms with Crippen LogP contribution in [0.1, 0.15) is 24.5 Å². The van der Waals surface area contributed by atoms with Crippen molar-refractivity contribution >= 4 is 17.2 Å². The van der Waals surface area contributed by atoms with Gasteiger partial charge < -0.3 is 15.8 Å². The first-order chi connectivity index (χ1) is 18.3. The number of benzene rings is 2. The van der Waals surface area contributed by atoms with Crippen molar-refractivity contribution < 1.29 is 13.9 Å². The average molecular weight is 511 g/mol. The number of likely N-dealkylation sites (tertiary alicyclic amines) is 1. The number of nitrogens with zero attached hydrogens (tertiary/aromatic N) is 2. The number of nitrogen functional groups attached to an aromatic ring is 1. The van der Waals surface area contributed by atoms with Crippen molar-refractivity contribution in [3.8, 4) is 16.9 Å². The second-order valence-electron chi connectivity index (χ2n) is 9.05. The van der Waals surface area contributed by atoms with Crippen LogP contribution >= 0.6 is 0 Å². The highest BCUT2D eigenvalue weighted by Crippen LogP contribution is 2.29. The van der Waals surface area contributed by atoms with E-state index in [9.17, 15) is 9.18 Å². The quantitative estimate of drug-likeness (QED) is 0.155. The standard InChI is InChI=1S/C31H31FN4O2/c1-4-27(11-9-21(2)38-28-8-5-7-26(32)17-28)35-31(37)22(3)29-16-24(10-12-30(29)33)25-15-23(18-34-19-25)20-36-13-6-14-36/h4-5,7-12,15-19H,2-3,6,13-14,20,33H2,1H3,(H,35,37)/b11-9-,27-4+. The van der Waals surface area contributed by atoms with E-state index in [1.54, 1.807) is 49.5 Å². The molecule has 0 aliphatic carbocycles. The van der Waals surface area contributed by atoms with Gasteiger partial charge in [0.25, 0.3) is 5.91 Å². The first-order valence-corrected chi connectivity index (χ1v) is 12.4. The summed E-state index contributed by atoms with van der Waals surface area (Å²) in [5.41, 5.74) is 11.0. The molecule has 0 saturated carbocycles. The Bertz CT molecular complexity index is 1420. The van der Waals surface area contributed by atoms with E-state index in [2.05, 4.69) is 34.4 Å². The fraction of sp³-hybridized carbons (Fsp3) is 0.161. The molecule has 0 bridgehead atoms. The normalized spacial score (nSPS) is 13.7. The van der Waals surface area contributed by atoms with Crippen molar-refractivity contribution in [2.24, 2.45) is 0 Å². The predicted molar refractivity (Wildman–Crippen MR) is 150 cm³/mol. The Balaban J connectivity index is 1.43. The molecule has 0 unspecified atom stereocenters. The van der Waals surface area contributed by atoms with Gasteiger partial charge in [0, 0.05) is 53.1 Å². The number of hydrogen-bond acceptors (Lipinski definition) is 5. The third-order valence-electron chi connectivity index (χ3n) is 6.20. The smallest absolute Gasteiger partial charge is 0.255 e. The summed E-state index contributed by atoms with van der Waals surface area (Å²) in [7, 11) is 0. The van der Waals surface area contributed by atoms with Gasteiger partial charge in [-0.05, 0) is 80.0 Å². The number of nitrogens with two attached hydrogens (primary N) is 1. The van der Waals surface area contributed by atoms with Gasteiger partial charge in [-0.15, -0.1) is 0 Å². The van der Waals surface area contributed by atoms with Gasteiger partial charge in [0.2, 0.25) is 0 Å². The van der Waals surface area contributed by atoms with Gasteiger partial charge in [-0.3, -0.25) is 14.7 Å². The third-order valence-corrected chi connectivity index (χ3v) is 6.20. The second-order valence-corrected chi connectivity index (χ2v) is 9.05. The number of aromatic nitrogens is 1. The molecule has 1 aliphatic rings. The van der Waals surface area contributed by atoms with Crippen molar-refractivity contribution in [2.75, 3.05) is 18.8 Å². The summed E-state index contributed by atoms with van der Waals surface area (Å²) in [6, 6.07) is 13.4. The van der Waals surface area contributed by atoms with Crippen LogP contribution < -0.4 is 15.8 Å². The molecule has 3 N–H and O–H groups in total. The lowest BCUT2D eigenvalue weighted by atomic mass is 9.97. The van der Waals surface area contributed by atoms with E-state index in [0.29, 0.717) is 22.7 Å². The highest BCUT2D eigenvalue weighted by atomic mass is 19.1. The number of halogens is 1. The number of ether oxygens (including phenoxy) is 1. The van der Waals surface area contributed by atoms with Crippen molar-refractivity contribution in [2.45, 2.75) is 19.9 Å². The summed E-state index contributed by atoms with van der Waals surface area (Å²) >= 11 is 0. The molecule has 4 rings (SSSR count). The fourth-order valence-electron chi connectivity index (χ4n) is 3.96. The largest absolute Gasteiger partial charge is 0.458 e.